The third-order valence-electron chi connectivity index (χ3n) is 3.95. The van der Waals surface area contributed by atoms with Crippen molar-refractivity contribution in [3.05, 3.63) is 46.2 Å². The maximum atomic E-state index is 12.6. The first-order valence-electron chi connectivity index (χ1n) is 7.92. The fourth-order valence-electron chi connectivity index (χ4n) is 2.70. The van der Waals surface area contributed by atoms with Crippen LogP contribution in [0.15, 0.2) is 35.3 Å². The van der Waals surface area contributed by atoms with Gasteiger partial charge >= 0.3 is 5.97 Å². The molecule has 0 radical (unpaired) electrons. The number of rotatable bonds is 6. The smallest absolute Gasteiger partial charge is 0.341 e. The number of hydrogen-bond donors (Lipinski definition) is 1. The van der Waals surface area contributed by atoms with E-state index in [9.17, 15) is 23.5 Å². The summed E-state index contributed by atoms with van der Waals surface area (Å²) in [4.78, 5) is 24.0. The monoisotopic (exact) mass is 366 g/mol. The van der Waals surface area contributed by atoms with Gasteiger partial charge in [0, 0.05) is 18.4 Å². The molecule has 1 atom stereocenters. The van der Waals surface area contributed by atoms with Gasteiger partial charge in [-0.05, 0) is 18.6 Å². The molecular weight excluding hydrogens is 350 g/mol. The van der Waals surface area contributed by atoms with Gasteiger partial charge in [0.15, 0.2) is 0 Å². The topological polar surface area (TPSA) is 90.7 Å². The van der Waals surface area contributed by atoms with Crippen molar-refractivity contribution in [2.75, 3.05) is 19.8 Å². The molecule has 9 heteroatoms. The molecule has 0 spiro atoms. The number of carbonyl (C=O) groups is 1. The molecule has 0 aliphatic carbocycles. The number of ether oxygens (including phenoxy) is 2. The number of carboxylic acid groups (broad SMARTS) is 1. The number of aromatic nitrogens is 2. The highest BCUT2D eigenvalue weighted by Gasteiger charge is 2.24. The Morgan fingerprint density at radius 3 is 2.85 bits per heavy atom. The van der Waals surface area contributed by atoms with E-state index in [1.165, 1.54) is 23.0 Å². The molecule has 1 aromatic heterocycles. The zero-order valence-electron chi connectivity index (χ0n) is 13.6. The van der Waals surface area contributed by atoms with Crippen LogP contribution in [-0.4, -0.2) is 47.1 Å². The van der Waals surface area contributed by atoms with Gasteiger partial charge in [-0.15, -0.1) is 0 Å². The van der Waals surface area contributed by atoms with Gasteiger partial charge in [0.1, 0.15) is 23.6 Å². The van der Waals surface area contributed by atoms with E-state index in [0.717, 1.165) is 0 Å². The lowest BCUT2D eigenvalue weighted by Crippen LogP contribution is -2.25. The Labute approximate surface area is 146 Å². The number of benzene rings is 1. The molecular formula is C17H16F2N2O5. The normalized spacial score (nSPS) is 16.8. The molecule has 1 aliphatic heterocycles. The molecule has 7 nitrogen and oxygen atoms in total. The Morgan fingerprint density at radius 2 is 2.19 bits per heavy atom. The average Bonchev–Trinajstić information content (AvgIpc) is 3.15. The Kier molecular flexibility index (Phi) is 5.27. The van der Waals surface area contributed by atoms with Crippen LogP contribution in [0, 0.1) is 0 Å². The maximum absolute atomic E-state index is 12.6. The van der Waals surface area contributed by atoms with Crippen LogP contribution in [0.2, 0.25) is 0 Å². The number of halogens is 2. The molecule has 0 amide bonds. The van der Waals surface area contributed by atoms with Gasteiger partial charge in [-0.2, -0.15) is 5.10 Å². The van der Waals surface area contributed by atoms with Crippen LogP contribution in [0.3, 0.4) is 0 Å². The molecule has 1 aromatic carbocycles. The summed E-state index contributed by atoms with van der Waals surface area (Å²) in [6.07, 6.45) is -0.887. The minimum absolute atomic E-state index is 0.0363. The van der Waals surface area contributed by atoms with Crippen LogP contribution >= 0.6 is 0 Å². The Morgan fingerprint density at radius 1 is 1.42 bits per heavy atom. The van der Waals surface area contributed by atoms with Crippen molar-refractivity contribution in [2.45, 2.75) is 18.9 Å². The highest BCUT2D eigenvalue weighted by Crippen LogP contribution is 2.28. The summed E-state index contributed by atoms with van der Waals surface area (Å²) in [7, 11) is 0. The first-order valence-corrected chi connectivity index (χ1v) is 7.92. The van der Waals surface area contributed by atoms with Gasteiger partial charge in [0.05, 0.1) is 12.6 Å². The van der Waals surface area contributed by atoms with Crippen molar-refractivity contribution in [2.24, 2.45) is 0 Å². The average molecular weight is 366 g/mol. The summed E-state index contributed by atoms with van der Waals surface area (Å²) in [6, 6.07) is 5.85. The fraction of sp³-hybridized carbons (Fsp3) is 0.353. The van der Waals surface area contributed by atoms with E-state index >= 15 is 0 Å². The Hall–Kier alpha value is -2.81. The summed E-state index contributed by atoms with van der Waals surface area (Å²) in [5.41, 5.74) is -1.26. The van der Waals surface area contributed by atoms with E-state index in [1.807, 2.05) is 0 Å². The third kappa shape index (κ3) is 3.72. The summed E-state index contributed by atoms with van der Waals surface area (Å²) < 4.78 is 36.7. The van der Waals surface area contributed by atoms with Gasteiger partial charge < -0.3 is 14.6 Å². The lowest BCUT2D eigenvalue weighted by molar-refractivity contribution is 0.0693. The highest BCUT2D eigenvalue weighted by atomic mass is 19.3. The quantitative estimate of drug-likeness (QED) is 0.843. The van der Waals surface area contributed by atoms with Crippen molar-refractivity contribution >= 4 is 5.97 Å². The van der Waals surface area contributed by atoms with Crippen LogP contribution < -0.4 is 10.2 Å². The first-order chi connectivity index (χ1) is 12.5. The second-order valence-electron chi connectivity index (χ2n) is 5.72. The van der Waals surface area contributed by atoms with Gasteiger partial charge in [-0.3, -0.25) is 9.48 Å². The molecule has 26 heavy (non-hydrogen) atoms. The van der Waals surface area contributed by atoms with Crippen molar-refractivity contribution in [1.29, 1.82) is 0 Å². The standard InChI is InChI=1S/C17H16F2N2O5/c18-14(19)9-26-13-4-2-1-3-11(13)15-16(22)12(17(23)24)7-21(20-15)10-5-6-25-8-10/h1-4,7,10,14H,5-6,8-9H2,(H,23,24). The molecule has 0 bridgehead atoms. The van der Waals surface area contributed by atoms with E-state index in [1.54, 1.807) is 12.1 Å². The molecule has 1 unspecified atom stereocenters. The van der Waals surface area contributed by atoms with E-state index in [4.69, 9.17) is 9.47 Å². The number of alkyl halides is 2. The second-order valence-corrected chi connectivity index (χ2v) is 5.72. The first kappa shape index (κ1) is 18.0. The van der Waals surface area contributed by atoms with Crippen LogP contribution in [-0.2, 0) is 4.74 Å². The largest absolute Gasteiger partial charge is 0.487 e. The number of carboxylic acids is 1. The molecule has 0 saturated carbocycles. The summed E-state index contributed by atoms with van der Waals surface area (Å²) in [6.45, 7) is 0.00247. The van der Waals surface area contributed by atoms with E-state index in [-0.39, 0.29) is 23.0 Å². The zero-order valence-corrected chi connectivity index (χ0v) is 13.6. The Balaban J connectivity index is 2.12. The van der Waals surface area contributed by atoms with Crippen molar-refractivity contribution in [3.8, 4) is 17.0 Å². The number of aromatic carboxylic acids is 1. The Bertz CT molecular complexity index is 862. The van der Waals surface area contributed by atoms with Gasteiger partial charge in [-0.1, -0.05) is 12.1 Å². The molecule has 1 saturated heterocycles. The lowest BCUT2D eigenvalue weighted by atomic mass is 10.1. The van der Waals surface area contributed by atoms with Crippen LogP contribution in [0.1, 0.15) is 22.8 Å². The lowest BCUT2D eigenvalue weighted by Gasteiger charge is -2.16. The van der Waals surface area contributed by atoms with Crippen molar-refractivity contribution in [3.63, 3.8) is 0 Å². The fourth-order valence-corrected chi connectivity index (χ4v) is 2.70. The van der Waals surface area contributed by atoms with Gasteiger partial charge in [0.25, 0.3) is 6.43 Å². The van der Waals surface area contributed by atoms with Crippen LogP contribution in [0.25, 0.3) is 11.3 Å². The molecule has 2 aromatic rings. The number of nitrogens with zero attached hydrogens (tertiary/aromatic N) is 2. The predicted molar refractivity (Wildman–Crippen MR) is 86.9 cm³/mol. The minimum atomic E-state index is -2.69. The van der Waals surface area contributed by atoms with E-state index < -0.39 is 30.0 Å². The maximum Gasteiger partial charge on any atom is 0.341 e. The number of hydrogen-bond acceptors (Lipinski definition) is 5. The van der Waals surface area contributed by atoms with Crippen LogP contribution in [0.4, 0.5) is 8.78 Å². The molecule has 2 heterocycles. The van der Waals surface area contributed by atoms with Crippen molar-refractivity contribution in [1.82, 2.24) is 9.78 Å². The van der Waals surface area contributed by atoms with Gasteiger partial charge in [-0.25, -0.2) is 13.6 Å². The summed E-state index contributed by atoms with van der Waals surface area (Å²) >= 11 is 0. The molecule has 1 N–H and O–H groups in total. The summed E-state index contributed by atoms with van der Waals surface area (Å²) in [5, 5.41) is 13.6. The minimum Gasteiger partial charge on any atom is -0.487 e. The highest BCUT2D eigenvalue weighted by molar-refractivity contribution is 5.88. The van der Waals surface area contributed by atoms with Crippen LogP contribution in [0.5, 0.6) is 5.75 Å². The molecule has 1 aliphatic rings. The molecule has 138 valence electrons. The van der Waals surface area contributed by atoms with E-state index in [0.29, 0.717) is 19.6 Å². The molecule has 3 rings (SSSR count). The molecule has 1 fully saturated rings. The SMILES string of the molecule is O=C(O)c1cn(C2CCOC2)nc(-c2ccccc2OCC(F)F)c1=O. The second kappa shape index (κ2) is 7.61. The zero-order chi connectivity index (χ0) is 18.7. The van der Waals surface area contributed by atoms with Crippen molar-refractivity contribution < 1.29 is 28.2 Å². The summed E-state index contributed by atoms with van der Waals surface area (Å²) in [5.74, 6) is -1.36. The van der Waals surface area contributed by atoms with E-state index in [2.05, 4.69) is 5.10 Å². The third-order valence-corrected chi connectivity index (χ3v) is 3.95. The predicted octanol–water partition coefficient (Wildman–Crippen LogP) is 2.21. The van der Waals surface area contributed by atoms with Gasteiger partial charge in [0.2, 0.25) is 5.43 Å². The number of para-hydroxylation sites is 1.